The van der Waals surface area contributed by atoms with Crippen LogP contribution in [0.4, 0.5) is 0 Å². The normalized spacial score (nSPS) is 16.7. The second-order valence-corrected chi connectivity index (χ2v) is 5.53. The second kappa shape index (κ2) is 5.75. The Morgan fingerprint density at radius 3 is 2.84 bits per heavy atom. The van der Waals surface area contributed by atoms with E-state index in [0.29, 0.717) is 11.8 Å². The van der Waals surface area contributed by atoms with Gasteiger partial charge < -0.3 is 9.84 Å². The van der Waals surface area contributed by atoms with Crippen molar-refractivity contribution in [2.45, 2.75) is 23.7 Å². The molecule has 1 aromatic heterocycles. The van der Waals surface area contributed by atoms with Crippen LogP contribution in [-0.2, 0) is 0 Å². The van der Waals surface area contributed by atoms with Crippen LogP contribution >= 0.6 is 11.8 Å². The fourth-order valence-corrected chi connectivity index (χ4v) is 3.00. The summed E-state index contributed by atoms with van der Waals surface area (Å²) in [5, 5.41) is 7.52. The summed E-state index contributed by atoms with van der Waals surface area (Å²) in [6.45, 7) is 2.08. The average molecular weight is 275 g/mol. The van der Waals surface area contributed by atoms with Gasteiger partial charge in [0.05, 0.1) is 5.56 Å². The Hall–Kier alpha value is -1.33. The smallest absolute Gasteiger partial charge is 0.259 e. The zero-order valence-corrected chi connectivity index (χ0v) is 11.7. The summed E-state index contributed by atoms with van der Waals surface area (Å²) in [5.41, 5.74) is 1.03. The van der Waals surface area contributed by atoms with Crippen molar-refractivity contribution >= 4 is 11.8 Å². The fourth-order valence-electron chi connectivity index (χ4n) is 2.41. The van der Waals surface area contributed by atoms with Gasteiger partial charge in [-0.1, -0.05) is 17.3 Å². The van der Waals surface area contributed by atoms with Crippen molar-refractivity contribution in [1.82, 2.24) is 15.5 Å². The molecule has 1 saturated heterocycles. The largest absolute Gasteiger partial charge is 0.334 e. The number of piperidine rings is 1. The third-order valence-electron chi connectivity index (χ3n) is 3.48. The quantitative estimate of drug-likeness (QED) is 0.873. The van der Waals surface area contributed by atoms with E-state index in [1.54, 1.807) is 11.8 Å². The molecule has 0 radical (unpaired) electrons. The van der Waals surface area contributed by atoms with Crippen molar-refractivity contribution in [2.24, 2.45) is 0 Å². The van der Waals surface area contributed by atoms with Crippen LogP contribution < -0.4 is 5.32 Å². The summed E-state index contributed by atoms with van der Waals surface area (Å²) in [4.78, 5) is 5.76. The molecule has 0 aliphatic carbocycles. The third kappa shape index (κ3) is 2.67. The SMILES string of the molecule is CSc1ccccc1-c1nc(C2CCNCC2)no1. The third-order valence-corrected chi connectivity index (χ3v) is 4.28. The molecule has 1 fully saturated rings. The van der Waals surface area contributed by atoms with Crippen molar-refractivity contribution in [3.05, 3.63) is 30.1 Å². The van der Waals surface area contributed by atoms with Gasteiger partial charge in [0.15, 0.2) is 5.82 Å². The lowest BCUT2D eigenvalue weighted by atomic mass is 9.98. The average Bonchev–Trinajstić information content (AvgIpc) is 2.98. The lowest BCUT2D eigenvalue weighted by Gasteiger charge is -2.18. The van der Waals surface area contributed by atoms with E-state index in [4.69, 9.17) is 4.52 Å². The molecule has 1 aliphatic rings. The van der Waals surface area contributed by atoms with E-state index in [0.717, 1.165) is 37.3 Å². The monoisotopic (exact) mass is 275 g/mol. The molecule has 100 valence electrons. The first-order valence-electron chi connectivity index (χ1n) is 6.56. The van der Waals surface area contributed by atoms with Crippen molar-refractivity contribution in [3.8, 4) is 11.5 Å². The minimum absolute atomic E-state index is 0.431. The Labute approximate surface area is 117 Å². The number of rotatable bonds is 3. The van der Waals surface area contributed by atoms with Crippen LogP contribution in [0.25, 0.3) is 11.5 Å². The van der Waals surface area contributed by atoms with Crippen LogP contribution in [0.15, 0.2) is 33.7 Å². The Balaban J connectivity index is 1.88. The van der Waals surface area contributed by atoms with Crippen LogP contribution in [0.5, 0.6) is 0 Å². The molecular weight excluding hydrogens is 258 g/mol. The van der Waals surface area contributed by atoms with Gasteiger partial charge in [-0.15, -0.1) is 11.8 Å². The summed E-state index contributed by atoms with van der Waals surface area (Å²) in [6, 6.07) is 8.14. The molecule has 0 atom stereocenters. The molecule has 0 amide bonds. The van der Waals surface area contributed by atoms with Crippen molar-refractivity contribution in [1.29, 1.82) is 0 Å². The first-order chi connectivity index (χ1) is 9.38. The van der Waals surface area contributed by atoms with Gasteiger partial charge in [-0.2, -0.15) is 4.98 Å². The number of nitrogens with one attached hydrogen (secondary N) is 1. The lowest BCUT2D eigenvalue weighted by molar-refractivity contribution is 0.392. The Bertz CT molecular complexity index is 549. The van der Waals surface area contributed by atoms with Crippen LogP contribution in [0.1, 0.15) is 24.6 Å². The maximum Gasteiger partial charge on any atom is 0.259 e. The molecule has 1 N–H and O–H groups in total. The predicted molar refractivity (Wildman–Crippen MR) is 76.4 cm³/mol. The van der Waals surface area contributed by atoms with E-state index in [1.807, 2.05) is 18.2 Å². The standard InChI is InChI=1S/C14H17N3OS/c1-19-12-5-3-2-4-11(12)14-16-13(17-18-14)10-6-8-15-9-7-10/h2-5,10,15H,6-9H2,1H3. The van der Waals surface area contributed by atoms with Gasteiger partial charge in [0.2, 0.25) is 0 Å². The molecule has 5 heteroatoms. The first-order valence-corrected chi connectivity index (χ1v) is 7.78. The van der Waals surface area contributed by atoms with Crippen molar-refractivity contribution in [2.75, 3.05) is 19.3 Å². The van der Waals surface area contributed by atoms with Gasteiger partial charge in [-0.3, -0.25) is 0 Å². The van der Waals surface area contributed by atoms with E-state index in [9.17, 15) is 0 Å². The van der Waals surface area contributed by atoms with E-state index in [-0.39, 0.29) is 0 Å². The van der Waals surface area contributed by atoms with E-state index < -0.39 is 0 Å². The Kier molecular flexibility index (Phi) is 3.84. The van der Waals surface area contributed by atoms with Gasteiger partial charge in [-0.25, -0.2) is 0 Å². The fraction of sp³-hybridized carbons (Fsp3) is 0.429. The van der Waals surface area contributed by atoms with E-state index in [2.05, 4.69) is 27.8 Å². The number of nitrogens with zero attached hydrogens (tertiary/aromatic N) is 2. The number of aromatic nitrogens is 2. The summed E-state index contributed by atoms with van der Waals surface area (Å²) in [7, 11) is 0. The Morgan fingerprint density at radius 1 is 1.26 bits per heavy atom. The van der Waals surface area contributed by atoms with E-state index >= 15 is 0 Å². The number of hydrogen-bond donors (Lipinski definition) is 1. The molecule has 1 aliphatic heterocycles. The predicted octanol–water partition coefficient (Wildman–Crippen LogP) is 2.93. The van der Waals surface area contributed by atoms with Gasteiger partial charge in [0.1, 0.15) is 0 Å². The van der Waals surface area contributed by atoms with Crippen LogP contribution in [0.2, 0.25) is 0 Å². The van der Waals surface area contributed by atoms with Gasteiger partial charge in [0, 0.05) is 10.8 Å². The molecule has 0 unspecified atom stereocenters. The highest BCUT2D eigenvalue weighted by Crippen LogP contribution is 2.30. The molecule has 2 heterocycles. The number of benzene rings is 1. The molecule has 4 nitrogen and oxygen atoms in total. The Morgan fingerprint density at radius 2 is 2.05 bits per heavy atom. The topological polar surface area (TPSA) is 51.0 Å². The highest BCUT2D eigenvalue weighted by atomic mass is 32.2. The zero-order chi connectivity index (χ0) is 13.1. The zero-order valence-electron chi connectivity index (χ0n) is 10.9. The maximum atomic E-state index is 5.45. The number of hydrogen-bond acceptors (Lipinski definition) is 5. The number of thioether (sulfide) groups is 1. The highest BCUT2D eigenvalue weighted by molar-refractivity contribution is 7.98. The molecular formula is C14H17N3OS. The van der Waals surface area contributed by atoms with Crippen molar-refractivity contribution in [3.63, 3.8) is 0 Å². The van der Waals surface area contributed by atoms with Gasteiger partial charge in [0.25, 0.3) is 5.89 Å². The minimum atomic E-state index is 0.431. The summed E-state index contributed by atoms with van der Waals surface area (Å²) >= 11 is 1.70. The molecule has 0 spiro atoms. The molecule has 2 aromatic rings. The first kappa shape index (κ1) is 12.7. The molecule has 1 aromatic carbocycles. The summed E-state index contributed by atoms with van der Waals surface area (Å²) < 4.78 is 5.45. The molecule has 19 heavy (non-hydrogen) atoms. The van der Waals surface area contributed by atoms with Crippen molar-refractivity contribution < 1.29 is 4.52 Å². The van der Waals surface area contributed by atoms with E-state index in [1.165, 1.54) is 4.90 Å². The summed E-state index contributed by atoms with van der Waals surface area (Å²) in [5.74, 6) is 1.92. The van der Waals surface area contributed by atoms with Crippen LogP contribution in [0, 0.1) is 0 Å². The maximum absolute atomic E-state index is 5.45. The minimum Gasteiger partial charge on any atom is -0.334 e. The summed E-state index contributed by atoms with van der Waals surface area (Å²) in [6.07, 6.45) is 4.23. The second-order valence-electron chi connectivity index (χ2n) is 4.68. The highest BCUT2D eigenvalue weighted by Gasteiger charge is 2.21. The molecule has 0 bridgehead atoms. The van der Waals surface area contributed by atoms with Crippen LogP contribution in [0.3, 0.4) is 0 Å². The lowest BCUT2D eigenvalue weighted by Crippen LogP contribution is -2.27. The van der Waals surface area contributed by atoms with Gasteiger partial charge >= 0.3 is 0 Å². The molecule has 0 saturated carbocycles. The molecule has 3 rings (SSSR count). The van der Waals surface area contributed by atoms with Crippen LogP contribution in [-0.4, -0.2) is 29.5 Å². The van der Waals surface area contributed by atoms with Gasteiger partial charge in [-0.05, 0) is 44.3 Å².